The van der Waals surface area contributed by atoms with Crippen molar-refractivity contribution in [3.63, 3.8) is 0 Å². The summed E-state index contributed by atoms with van der Waals surface area (Å²) in [6.45, 7) is 0. The Hall–Kier alpha value is -1.67. The number of nitrogens with two attached hydrogens (primary N) is 1. The smallest absolute Gasteiger partial charge is 0.201 e. The van der Waals surface area contributed by atoms with E-state index in [9.17, 15) is 8.78 Å². The number of nitrogens with zero attached hydrogens (tertiary/aromatic N) is 1. The fourth-order valence-corrected chi connectivity index (χ4v) is 2.34. The Kier molecular flexibility index (Phi) is 4.79. The molecule has 0 aromatic heterocycles. The highest BCUT2D eigenvalue weighted by atomic mass is 79.9. The fourth-order valence-electron chi connectivity index (χ4n) is 1.57. The average molecular weight is 422 g/mol. The summed E-state index contributed by atoms with van der Waals surface area (Å²) < 4.78 is 33.4. The highest BCUT2D eigenvalue weighted by molar-refractivity contribution is 9.10. The molecule has 0 amide bonds. The lowest BCUT2D eigenvalue weighted by molar-refractivity contribution is 0.318. The number of halogens is 4. The maximum Gasteiger partial charge on any atom is 0.201 e. The summed E-state index contributed by atoms with van der Waals surface area (Å²) in [5.41, 5.74) is 5.77. The van der Waals surface area contributed by atoms with E-state index in [2.05, 4.69) is 37.0 Å². The Morgan fingerprint density at radius 1 is 1.10 bits per heavy atom. The predicted molar refractivity (Wildman–Crippen MR) is 80.8 cm³/mol. The lowest BCUT2D eigenvalue weighted by Gasteiger charge is -2.12. The molecule has 0 spiro atoms. The molecule has 2 aromatic carbocycles. The molecule has 0 heterocycles. The van der Waals surface area contributed by atoms with Gasteiger partial charge in [-0.05, 0) is 30.3 Å². The van der Waals surface area contributed by atoms with Gasteiger partial charge in [0.25, 0.3) is 0 Å². The van der Waals surface area contributed by atoms with E-state index < -0.39 is 11.6 Å². The minimum atomic E-state index is -1.13. The maximum absolute atomic E-state index is 13.7. The average Bonchev–Trinajstić information content (AvgIpc) is 2.45. The molecular weight excluding hydrogens is 414 g/mol. The first-order valence-electron chi connectivity index (χ1n) is 5.52. The van der Waals surface area contributed by atoms with Gasteiger partial charge >= 0.3 is 0 Å². The fraction of sp³-hybridized carbons (Fsp3) is 0. The van der Waals surface area contributed by atoms with Crippen LogP contribution in [-0.2, 0) is 0 Å². The van der Waals surface area contributed by atoms with Gasteiger partial charge in [0, 0.05) is 8.95 Å². The van der Waals surface area contributed by atoms with E-state index in [1.165, 1.54) is 18.2 Å². The van der Waals surface area contributed by atoms with Gasteiger partial charge in [-0.3, -0.25) is 0 Å². The molecule has 2 aromatic rings. The van der Waals surface area contributed by atoms with Gasteiger partial charge in [0.05, 0.1) is 5.56 Å². The van der Waals surface area contributed by atoms with E-state index in [4.69, 9.17) is 15.7 Å². The molecule has 0 aliphatic carbocycles. The third-order valence-electron chi connectivity index (χ3n) is 2.50. The zero-order valence-electron chi connectivity index (χ0n) is 10.3. The van der Waals surface area contributed by atoms with Gasteiger partial charge in [0.2, 0.25) is 5.82 Å². The third-order valence-corrected chi connectivity index (χ3v) is 3.46. The standard InChI is InChI=1S/C13H8Br2F2N2O2/c14-6-1-2-10(8(3-6)13(18)19-20)21-11-5-7(15)4-9(16)12(11)17/h1-5,20H,(H2,18,19). The molecule has 0 radical (unpaired) electrons. The molecule has 4 nitrogen and oxygen atoms in total. The first-order chi connectivity index (χ1) is 9.92. The molecule has 21 heavy (non-hydrogen) atoms. The Bertz CT molecular complexity index is 724. The van der Waals surface area contributed by atoms with Crippen LogP contribution in [0.5, 0.6) is 11.5 Å². The largest absolute Gasteiger partial charge is 0.453 e. The number of benzene rings is 2. The van der Waals surface area contributed by atoms with Gasteiger partial charge in [0.15, 0.2) is 17.4 Å². The van der Waals surface area contributed by atoms with Crippen molar-refractivity contribution in [2.45, 2.75) is 0 Å². The number of hydrogen-bond donors (Lipinski definition) is 2. The number of ether oxygens (including phenoxy) is 1. The molecule has 0 saturated heterocycles. The topological polar surface area (TPSA) is 67.8 Å². The quantitative estimate of drug-likeness (QED) is 0.254. The number of hydrogen-bond acceptors (Lipinski definition) is 3. The Balaban J connectivity index is 2.50. The summed E-state index contributed by atoms with van der Waals surface area (Å²) in [7, 11) is 0. The highest BCUT2D eigenvalue weighted by Gasteiger charge is 2.16. The van der Waals surface area contributed by atoms with Crippen LogP contribution in [0.25, 0.3) is 0 Å². The normalized spacial score (nSPS) is 11.5. The van der Waals surface area contributed by atoms with Crippen LogP contribution in [0.4, 0.5) is 8.78 Å². The van der Waals surface area contributed by atoms with Gasteiger partial charge in [-0.25, -0.2) is 4.39 Å². The van der Waals surface area contributed by atoms with Crippen molar-refractivity contribution in [2.75, 3.05) is 0 Å². The molecule has 0 aliphatic heterocycles. The predicted octanol–water partition coefficient (Wildman–Crippen LogP) is 4.38. The number of oxime groups is 1. The first kappa shape index (κ1) is 15.7. The third kappa shape index (κ3) is 3.51. The number of amidine groups is 1. The van der Waals surface area contributed by atoms with E-state index in [-0.39, 0.29) is 22.9 Å². The highest BCUT2D eigenvalue weighted by Crippen LogP contribution is 2.32. The van der Waals surface area contributed by atoms with Crippen molar-refractivity contribution < 1.29 is 18.7 Å². The van der Waals surface area contributed by atoms with Crippen molar-refractivity contribution >= 4 is 37.7 Å². The van der Waals surface area contributed by atoms with Gasteiger partial charge in [0.1, 0.15) is 5.75 Å². The lowest BCUT2D eigenvalue weighted by Crippen LogP contribution is -2.14. The Morgan fingerprint density at radius 2 is 1.81 bits per heavy atom. The molecule has 0 fully saturated rings. The molecule has 0 atom stereocenters. The van der Waals surface area contributed by atoms with Crippen LogP contribution in [-0.4, -0.2) is 11.0 Å². The van der Waals surface area contributed by atoms with Crippen LogP contribution >= 0.6 is 31.9 Å². The molecule has 3 N–H and O–H groups in total. The van der Waals surface area contributed by atoms with Gasteiger partial charge in [-0.15, -0.1) is 0 Å². The monoisotopic (exact) mass is 420 g/mol. The van der Waals surface area contributed by atoms with Crippen LogP contribution in [0.2, 0.25) is 0 Å². The molecular formula is C13H8Br2F2N2O2. The zero-order valence-corrected chi connectivity index (χ0v) is 13.5. The summed E-state index contributed by atoms with van der Waals surface area (Å²) in [6.07, 6.45) is 0. The molecule has 2 rings (SSSR count). The molecule has 0 aliphatic rings. The SMILES string of the molecule is N/C(=N/O)c1cc(Br)ccc1Oc1cc(Br)cc(F)c1F. The maximum atomic E-state index is 13.7. The second kappa shape index (κ2) is 6.40. The minimum Gasteiger partial charge on any atom is -0.453 e. The molecule has 110 valence electrons. The zero-order chi connectivity index (χ0) is 15.6. The first-order valence-corrected chi connectivity index (χ1v) is 7.11. The summed E-state index contributed by atoms with van der Waals surface area (Å²) in [6, 6.07) is 6.88. The summed E-state index contributed by atoms with van der Waals surface area (Å²) in [5, 5.41) is 11.6. The summed E-state index contributed by atoms with van der Waals surface area (Å²) in [5.74, 6) is -2.61. The molecule has 0 unspecified atom stereocenters. The Morgan fingerprint density at radius 3 is 2.48 bits per heavy atom. The van der Waals surface area contributed by atoms with Crippen LogP contribution in [0, 0.1) is 11.6 Å². The van der Waals surface area contributed by atoms with E-state index in [0.717, 1.165) is 6.07 Å². The van der Waals surface area contributed by atoms with Gasteiger partial charge in [-0.1, -0.05) is 37.0 Å². The van der Waals surface area contributed by atoms with Crippen molar-refractivity contribution in [3.8, 4) is 11.5 Å². The van der Waals surface area contributed by atoms with Crippen molar-refractivity contribution in [1.82, 2.24) is 0 Å². The second-order valence-corrected chi connectivity index (χ2v) is 5.76. The van der Waals surface area contributed by atoms with Crippen LogP contribution < -0.4 is 10.5 Å². The molecule has 0 saturated carbocycles. The van der Waals surface area contributed by atoms with Crippen molar-refractivity contribution in [3.05, 3.63) is 56.5 Å². The lowest BCUT2D eigenvalue weighted by atomic mass is 10.2. The van der Waals surface area contributed by atoms with Crippen molar-refractivity contribution in [1.29, 1.82) is 0 Å². The van der Waals surface area contributed by atoms with Crippen LogP contribution in [0.1, 0.15) is 5.56 Å². The Labute approximate surface area is 135 Å². The molecule has 8 heteroatoms. The van der Waals surface area contributed by atoms with Crippen molar-refractivity contribution in [2.24, 2.45) is 10.9 Å². The minimum absolute atomic E-state index is 0.116. The van der Waals surface area contributed by atoms with E-state index in [1.807, 2.05) is 0 Å². The number of rotatable bonds is 3. The second-order valence-electron chi connectivity index (χ2n) is 3.93. The summed E-state index contributed by atoms with van der Waals surface area (Å²) >= 11 is 6.28. The van der Waals surface area contributed by atoms with E-state index >= 15 is 0 Å². The van der Waals surface area contributed by atoms with E-state index in [0.29, 0.717) is 8.95 Å². The summed E-state index contributed by atoms with van der Waals surface area (Å²) in [4.78, 5) is 0. The van der Waals surface area contributed by atoms with Gasteiger partial charge < -0.3 is 15.7 Å². The van der Waals surface area contributed by atoms with Gasteiger partial charge in [-0.2, -0.15) is 4.39 Å². The molecule has 0 bridgehead atoms. The van der Waals surface area contributed by atoms with E-state index in [1.54, 1.807) is 6.07 Å². The van der Waals surface area contributed by atoms with Crippen LogP contribution in [0.15, 0.2) is 44.4 Å². The van der Waals surface area contributed by atoms with Crippen LogP contribution in [0.3, 0.4) is 0 Å².